The molecule has 2 aromatic rings. The van der Waals surface area contributed by atoms with Gasteiger partial charge in [-0.1, -0.05) is 24.4 Å². The predicted octanol–water partition coefficient (Wildman–Crippen LogP) is 3.16. The number of nitrogens with one attached hydrogen (secondary N) is 1. The van der Waals surface area contributed by atoms with Crippen LogP contribution in [-0.2, 0) is 4.74 Å². The Morgan fingerprint density at radius 1 is 1.43 bits per heavy atom. The van der Waals surface area contributed by atoms with E-state index in [1.54, 1.807) is 38.1 Å². The van der Waals surface area contributed by atoms with Crippen LogP contribution in [0.3, 0.4) is 0 Å². The third kappa shape index (κ3) is 3.15. The Morgan fingerprint density at radius 3 is 2.62 bits per heavy atom. The highest BCUT2D eigenvalue weighted by atomic mass is 32.1. The molecular weight excluding hydrogens is 286 g/mol. The molecule has 0 saturated carbocycles. The van der Waals surface area contributed by atoms with Crippen LogP contribution in [-0.4, -0.2) is 22.5 Å². The van der Waals surface area contributed by atoms with Crippen LogP contribution in [0.4, 0.5) is 0 Å². The molecule has 0 spiro atoms. The van der Waals surface area contributed by atoms with Crippen molar-refractivity contribution in [2.24, 2.45) is 0 Å². The Balaban J connectivity index is 2.38. The highest BCUT2D eigenvalue weighted by molar-refractivity contribution is 7.71. The van der Waals surface area contributed by atoms with Gasteiger partial charge in [-0.05, 0) is 26.0 Å². The topological polar surface area (TPSA) is 78.8 Å². The number of rotatable bonds is 3. The van der Waals surface area contributed by atoms with Crippen molar-refractivity contribution in [3.63, 3.8) is 0 Å². The first-order valence-electron chi connectivity index (χ1n) is 6.35. The van der Waals surface area contributed by atoms with Gasteiger partial charge in [0, 0.05) is 11.3 Å². The minimum absolute atomic E-state index is 0.262. The molecule has 0 atom stereocenters. The molecule has 0 aliphatic heterocycles. The van der Waals surface area contributed by atoms with Gasteiger partial charge in [0.25, 0.3) is 0 Å². The molecule has 6 heteroatoms. The highest BCUT2D eigenvalue weighted by Gasteiger charge is 2.09. The molecule has 0 aliphatic rings. The van der Waals surface area contributed by atoms with E-state index in [1.807, 2.05) is 6.07 Å². The lowest BCUT2D eigenvalue weighted by Crippen LogP contribution is -2.04. The van der Waals surface area contributed by atoms with Crippen molar-refractivity contribution in [2.45, 2.75) is 13.8 Å². The summed E-state index contributed by atoms with van der Waals surface area (Å²) in [6.07, 6.45) is 0. The van der Waals surface area contributed by atoms with Crippen molar-refractivity contribution in [1.82, 2.24) is 9.97 Å². The zero-order valence-corrected chi connectivity index (χ0v) is 12.5. The van der Waals surface area contributed by atoms with Gasteiger partial charge >= 0.3 is 5.97 Å². The lowest BCUT2D eigenvalue weighted by Gasteiger charge is -2.06. The lowest BCUT2D eigenvalue weighted by molar-refractivity contribution is 0.0526. The van der Waals surface area contributed by atoms with Gasteiger partial charge < -0.3 is 9.72 Å². The number of ether oxygens (including phenoxy) is 1. The van der Waals surface area contributed by atoms with E-state index in [0.29, 0.717) is 29.3 Å². The molecule has 0 unspecified atom stereocenters. The molecule has 0 radical (unpaired) electrons. The van der Waals surface area contributed by atoms with Crippen molar-refractivity contribution in [3.8, 4) is 17.5 Å². The summed E-state index contributed by atoms with van der Waals surface area (Å²) in [6, 6.07) is 8.86. The maximum Gasteiger partial charge on any atom is 0.338 e. The summed E-state index contributed by atoms with van der Waals surface area (Å²) < 4.78 is 5.19. The molecule has 21 heavy (non-hydrogen) atoms. The number of hydrogen-bond acceptors (Lipinski definition) is 5. The van der Waals surface area contributed by atoms with Crippen molar-refractivity contribution in [1.29, 1.82) is 5.26 Å². The molecular formula is C15H13N3O2S. The number of aromatic amines is 1. The summed E-state index contributed by atoms with van der Waals surface area (Å²) in [5, 5.41) is 8.98. The second kappa shape index (κ2) is 6.29. The fourth-order valence-corrected chi connectivity index (χ4v) is 2.12. The Hall–Kier alpha value is -2.52. The first-order valence-corrected chi connectivity index (χ1v) is 6.76. The number of aryl methyl sites for hydroxylation is 1. The maximum atomic E-state index is 11.6. The Kier molecular flexibility index (Phi) is 4.45. The monoisotopic (exact) mass is 299 g/mol. The molecule has 0 aliphatic carbocycles. The number of carbonyl (C=O) groups excluding carboxylic acids is 1. The number of nitriles is 1. The third-order valence-corrected chi connectivity index (χ3v) is 3.18. The molecule has 1 N–H and O–H groups in total. The number of hydrogen-bond donors (Lipinski definition) is 1. The van der Waals surface area contributed by atoms with Crippen LogP contribution in [0.15, 0.2) is 24.3 Å². The SMILES string of the molecule is CCOC(=O)c1ccc(-c2nc(=S)c(C#N)c(C)[nH]2)cc1. The van der Waals surface area contributed by atoms with E-state index in [-0.39, 0.29) is 10.6 Å². The van der Waals surface area contributed by atoms with Crippen LogP contribution in [0.2, 0.25) is 0 Å². The summed E-state index contributed by atoms with van der Waals surface area (Å²) in [5.74, 6) is 0.202. The maximum absolute atomic E-state index is 11.6. The summed E-state index contributed by atoms with van der Waals surface area (Å²) in [4.78, 5) is 18.8. The molecule has 1 aromatic carbocycles. The highest BCUT2D eigenvalue weighted by Crippen LogP contribution is 2.18. The zero-order chi connectivity index (χ0) is 15.4. The quantitative estimate of drug-likeness (QED) is 0.695. The standard InChI is InChI=1S/C15H13N3O2S/c1-3-20-15(19)11-6-4-10(5-7-11)13-17-9(2)12(8-16)14(21)18-13/h4-7H,3H2,1-2H3,(H,17,18,21). The van der Waals surface area contributed by atoms with Gasteiger partial charge in [0.15, 0.2) is 0 Å². The molecule has 2 rings (SSSR count). The molecule has 106 valence electrons. The van der Waals surface area contributed by atoms with Gasteiger partial charge in [0.1, 0.15) is 22.1 Å². The molecule has 1 heterocycles. The van der Waals surface area contributed by atoms with Gasteiger partial charge in [-0.2, -0.15) is 5.26 Å². The normalized spacial score (nSPS) is 9.95. The lowest BCUT2D eigenvalue weighted by atomic mass is 10.1. The Morgan fingerprint density at radius 2 is 2.10 bits per heavy atom. The van der Waals surface area contributed by atoms with E-state index >= 15 is 0 Å². The number of carbonyl (C=O) groups is 1. The van der Waals surface area contributed by atoms with Gasteiger partial charge in [0.2, 0.25) is 0 Å². The summed E-state index contributed by atoms with van der Waals surface area (Å²) >= 11 is 5.10. The number of aromatic nitrogens is 2. The third-order valence-electron chi connectivity index (χ3n) is 2.89. The van der Waals surface area contributed by atoms with Crippen LogP contribution in [0.5, 0.6) is 0 Å². The molecule has 0 bridgehead atoms. The zero-order valence-electron chi connectivity index (χ0n) is 11.6. The van der Waals surface area contributed by atoms with E-state index in [2.05, 4.69) is 9.97 Å². The molecule has 0 amide bonds. The van der Waals surface area contributed by atoms with Crippen LogP contribution in [0.25, 0.3) is 11.4 Å². The number of H-pyrrole nitrogens is 1. The largest absolute Gasteiger partial charge is 0.462 e. The minimum atomic E-state index is -0.360. The molecule has 0 fully saturated rings. The van der Waals surface area contributed by atoms with Crippen molar-refractivity contribution < 1.29 is 9.53 Å². The fourth-order valence-electron chi connectivity index (χ4n) is 1.83. The summed E-state index contributed by atoms with van der Waals surface area (Å²) in [6.45, 7) is 3.87. The van der Waals surface area contributed by atoms with Crippen molar-refractivity contribution >= 4 is 18.2 Å². The van der Waals surface area contributed by atoms with E-state index < -0.39 is 0 Å². The van der Waals surface area contributed by atoms with Gasteiger partial charge in [-0.25, -0.2) is 9.78 Å². The van der Waals surface area contributed by atoms with Gasteiger partial charge in [-0.15, -0.1) is 0 Å². The minimum Gasteiger partial charge on any atom is -0.462 e. The fraction of sp³-hybridized carbons (Fsp3) is 0.200. The van der Waals surface area contributed by atoms with E-state index in [1.165, 1.54) is 0 Å². The van der Waals surface area contributed by atoms with Crippen molar-refractivity contribution in [3.05, 3.63) is 45.7 Å². The van der Waals surface area contributed by atoms with Gasteiger partial charge in [-0.3, -0.25) is 0 Å². The van der Waals surface area contributed by atoms with Crippen LogP contribution in [0, 0.1) is 22.9 Å². The van der Waals surface area contributed by atoms with Crippen LogP contribution >= 0.6 is 12.2 Å². The van der Waals surface area contributed by atoms with E-state index in [0.717, 1.165) is 5.56 Å². The van der Waals surface area contributed by atoms with E-state index in [9.17, 15) is 4.79 Å². The molecule has 1 aromatic heterocycles. The first kappa shape index (κ1) is 14.9. The van der Waals surface area contributed by atoms with E-state index in [4.69, 9.17) is 22.2 Å². The number of esters is 1. The second-order valence-corrected chi connectivity index (χ2v) is 4.69. The van der Waals surface area contributed by atoms with Crippen LogP contribution in [0.1, 0.15) is 28.5 Å². The second-order valence-electron chi connectivity index (χ2n) is 4.30. The Labute approximate surface area is 127 Å². The predicted molar refractivity (Wildman–Crippen MR) is 80.3 cm³/mol. The molecule has 0 saturated heterocycles. The molecule has 5 nitrogen and oxygen atoms in total. The Bertz CT molecular complexity index is 773. The van der Waals surface area contributed by atoms with Gasteiger partial charge in [0.05, 0.1) is 12.2 Å². The number of benzene rings is 1. The number of nitrogens with zero attached hydrogens (tertiary/aromatic N) is 2. The average Bonchev–Trinajstić information content (AvgIpc) is 2.47. The van der Waals surface area contributed by atoms with Crippen molar-refractivity contribution in [2.75, 3.05) is 6.61 Å². The average molecular weight is 299 g/mol. The van der Waals surface area contributed by atoms with Crippen LogP contribution < -0.4 is 0 Å². The smallest absolute Gasteiger partial charge is 0.338 e. The summed E-state index contributed by atoms with van der Waals surface area (Å²) in [5.41, 5.74) is 2.30. The summed E-state index contributed by atoms with van der Waals surface area (Å²) in [7, 11) is 0. The first-order chi connectivity index (χ1) is 10.1.